The van der Waals surface area contributed by atoms with Gasteiger partial charge < -0.3 is 25.2 Å². The van der Waals surface area contributed by atoms with Crippen LogP contribution in [0.15, 0.2) is 47.3 Å². The van der Waals surface area contributed by atoms with E-state index in [1.807, 2.05) is 13.0 Å². The van der Waals surface area contributed by atoms with E-state index in [-0.39, 0.29) is 17.6 Å². The molecule has 0 aliphatic carbocycles. The number of piperazine rings is 1. The van der Waals surface area contributed by atoms with E-state index in [4.69, 9.17) is 9.90 Å². The van der Waals surface area contributed by atoms with E-state index < -0.39 is 12.1 Å². The van der Waals surface area contributed by atoms with Gasteiger partial charge in [0.2, 0.25) is 0 Å². The van der Waals surface area contributed by atoms with Gasteiger partial charge in [0.1, 0.15) is 0 Å². The number of aryl methyl sites for hydroxylation is 1. The van der Waals surface area contributed by atoms with Crippen LogP contribution in [0.5, 0.6) is 0 Å². The third-order valence-electron chi connectivity index (χ3n) is 6.04. The number of carbonyl (C=O) groups is 2. The Kier molecular flexibility index (Phi) is 8.08. The van der Waals surface area contributed by atoms with Gasteiger partial charge in [0.25, 0.3) is 5.91 Å². The fraction of sp³-hybridized carbons (Fsp3) is 0.375. The van der Waals surface area contributed by atoms with Crippen molar-refractivity contribution in [1.29, 1.82) is 0 Å². The van der Waals surface area contributed by atoms with E-state index in [9.17, 15) is 22.8 Å². The molecule has 3 N–H and O–H groups in total. The number of carboxylic acid groups (broad SMARTS) is 1. The molecule has 1 atom stereocenters. The fourth-order valence-corrected chi connectivity index (χ4v) is 3.84. The lowest BCUT2D eigenvalue weighted by molar-refractivity contribution is -0.192. The number of rotatable bonds is 4. The molecule has 1 fully saturated rings. The SMILES string of the molecule is CC(NC(=O)c1cccc2c1[nH]c(=O)n2C)c1ccc(N2CCN(C)CC2)cc1.O=C(O)C(F)(F)F. The number of likely N-dealkylation sites (N-methyl/N-ethyl adjacent to an activating group) is 1. The molecule has 1 aliphatic heterocycles. The summed E-state index contributed by atoms with van der Waals surface area (Å²) < 4.78 is 33.2. The number of aromatic amines is 1. The zero-order valence-electron chi connectivity index (χ0n) is 20.1. The molecule has 3 aromatic rings. The Morgan fingerprint density at radius 1 is 1.03 bits per heavy atom. The lowest BCUT2D eigenvalue weighted by atomic mass is 10.1. The Morgan fingerprint density at radius 2 is 1.61 bits per heavy atom. The number of nitrogens with one attached hydrogen (secondary N) is 2. The zero-order valence-corrected chi connectivity index (χ0v) is 20.1. The number of hydrogen-bond acceptors (Lipinski definition) is 5. The molecule has 4 rings (SSSR count). The number of carbonyl (C=O) groups excluding carboxylic acids is 1. The molecule has 194 valence electrons. The topological polar surface area (TPSA) is 111 Å². The lowest BCUT2D eigenvalue weighted by Crippen LogP contribution is -2.44. The summed E-state index contributed by atoms with van der Waals surface area (Å²) in [6.45, 7) is 6.17. The normalized spacial score (nSPS) is 15.2. The first-order valence-electron chi connectivity index (χ1n) is 11.2. The number of nitrogens with zero attached hydrogens (tertiary/aromatic N) is 3. The number of benzene rings is 2. The average molecular weight is 508 g/mol. The number of hydrogen-bond donors (Lipinski definition) is 3. The van der Waals surface area contributed by atoms with Gasteiger partial charge in [-0.05, 0) is 43.8 Å². The summed E-state index contributed by atoms with van der Waals surface area (Å²) >= 11 is 0. The van der Waals surface area contributed by atoms with Crippen molar-refractivity contribution in [3.05, 3.63) is 64.1 Å². The number of alkyl halides is 3. The maximum absolute atomic E-state index is 12.9. The largest absolute Gasteiger partial charge is 0.490 e. The summed E-state index contributed by atoms with van der Waals surface area (Å²) in [5.41, 5.74) is 3.79. The van der Waals surface area contributed by atoms with Gasteiger partial charge >= 0.3 is 17.8 Å². The van der Waals surface area contributed by atoms with Crippen LogP contribution < -0.4 is 15.9 Å². The van der Waals surface area contributed by atoms with Crippen LogP contribution in [0.25, 0.3) is 11.0 Å². The highest BCUT2D eigenvalue weighted by molar-refractivity contribution is 6.05. The number of H-pyrrole nitrogens is 1. The number of imidazole rings is 1. The summed E-state index contributed by atoms with van der Waals surface area (Å²) in [7, 11) is 3.84. The zero-order chi connectivity index (χ0) is 26.6. The first-order chi connectivity index (χ1) is 16.9. The van der Waals surface area contributed by atoms with Gasteiger partial charge in [0.15, 0.2) is 0 Å². The molecular weight excluding hydrogens is 479 g/mol. The van der Waals surface area contributed by atoms with E-state index >= 15 is 0 Å². The number of aliphatic carboxylic acids is 1. The van der Waals surface area contributed by atoms with Crippen molar-refractivity contribution in [2.45, 2.75) is 19.1 Å². The molecule has 1 unspecified atom stereocenters. The molecule has 0 bridgehead atoms. The van der Waals surface area contributed by atoms with E-state index in [0.717, 1.165) is 31.7 Å². The van der Waals surface area contributed by atoms with Crippen LogP contribution in [0.4, 0.5) is 18.9 Å². The van der Waals surface area contributed by atoms with Crippen molar-refractivity contribution in [1.82, 2.24) is 19.8 Å². The molecule has 0 radical (unpaired) electrons. The van der Waals surface area contributed by atoms with Crippen LogP contribution in [-0.2, 0) is 11.8 Å². The van der Waals surface area contributed by atoms with E-state index in [2.05, 4.69) is 51.4 Å². The molecule has 1 amide bonds. The second kappa shape index (κ2) is 10.9. The maximum atomic E-state index is 12.9. The number of para-hydroxylation sites is 1. The maximum Gasteiger partial charge on any atom is 0.490 e. The molecule has 12 heteroatoms. The Morgan fingerprint density at radius 3 is 2.17 bits per heavy atom. The number of halogens is 3. The van der Waals surface area contributed by atoms with Gasteiger partial charge in [-0.3, -0.25) is 9.36 Å². The standard InChI is InChI=1S/C22H27N5O2.C2HF3O2/c1-15(16-7-9-17(10-8-16)27-13-11-25(2)12-14-27)23-21(28)18-5-4-6-19-20(18)24-22(29)26(19)3;3-2(4,5)1(6)7/h4-10,15H,11-14H2,1-3H3,(H,23,28)(H,24,29);(H,6,7). The minimum absolute atomic E-state index is 0.144. The van der Waals surface area contributed by atoms with Crippen molar-refractivity contribution in [2.75, 3.05) is 38.1 Å². The smallest absolute Gasteiger partial charge is 0.475 e. The summed E-state index contributed by atoms with van der Waals surface area (Å²) in [6, 6.07) is 13.6. The first kappa shape index (κ1) is 26.8. The fourth-order valence-electron chi connectivity index (χ4n) is 3.84. The Bertz CT molecular complexity index is 1280. The van der Waals surface area contributed by atoms with Crippen LogP contribution in [-0.4, -0.2) is 70.8 Å². The van der Waals surface area contributed by atoms with Crippen LogP contribution in [0.1, 0.15) is 28.9 Å². The third kappa shape index (κ3) is 6.25. The van der Waals surface area contributed by atoms with E-state index in [0.29, 0.717) is 16.6 Å². The van der Waals surface area contributed by atoms with Crippen molar-refractivity contribution >= 4 is 28.6 Å². The highest BCUT2D eigenvalue weighted by Crippen LogP contribution is 2.22. The summed E-state index contributed by atoms with van der Waals surface area (Å²) in [5.74, 6) is -2.96. The molecule has 2 heterocycles. The second-order valence-corrected chi connectivity index (χ2v) is 8.57. The molecular formula is C24H28F3N5O4. The van der Waals surface area contributed by atoms with Crippen molar-refractivity contribution in [2.24, 2.45) is 7.05 Å². The Hall–Kier alpha value is -3.80. The van der Waals surface area contributed by atoms with Gasteiger partial charge in [0, 0.05) is 38.9 Å². The van der Waals surface area contributed by atoms with Crippen LogP contribution in [0.2, 0.25) is 0 Å². The molecule has 1 aromatic heterocycles. The minimum Gasteiger partial charge on any atom is -0.475 e. The monoisotopic (exact) mass is 507 g/mol. The number of fused-ring (bicyclic) bond motifs is 1. The molecule has 1 aliphatic rings. The predicted octanol–water partition coefficient (Wildman–Crippen LogP) is 2.74. The predicted molar refractivity (Wildman–Crippen MR) is 129 cm³/mol. The van der Waals surface area contributed by atoms with Crippen molar-refractivity contribution in [3.63, 3.8) is 0 Å². The van der Waals surface area contributed by atoms with Gasteiger partial charge in [0.05, 0.1) is 22.6 Å². The van der Waals surface area contributed by atoms with Gasteiger partial charge in [-0.25, -0.2) is 9.59 Å². The van der Waals surface area contributed by atoms with Crippen molar-refractivity contribution in [3.8, 4) is 0 Å². The quantitative estimate of drug-likeness (QED) is 0.501. The highest BCUT2D eigenvalue weighted by Gasteiger charge is 2.38. The van der Waals surface area contributed by atoms with Crippen LogP contribution in [0, 0.1) is 0 Å². The number of aromatic nitrogens is 2. The highest BCUT2D eigenvalue weighted by atomic mass is 19.4. The van der Waals surface area contributed by atoms with Crippen LogP contribution in [0.3, 0.4) is 0 Å². The first-order valence-corrected chi connectivity index (χ1v) is 11.2. The number of anilines is 1. The van der Waals surface area contributed by atoms with Crippen LogP contribution >= 0.6 is 0 Å². The Labute approximate surface area is 205 Å². The Balaban J connectivity index is 0.000000454. The van der Waals surface area contributed by atoms with E-state index in [1.165, 1.54) is 10.3 Å². The molecule has 36 heavy (non-hydrogen) atoms. The second-order valence-electron chi connectivity index (χ2n) is 8.57. The minimum atomic E-state index is -5.08. The molecule has 0 saturated carbocycles. The molecule has 1 saturated heterocycles. The molecule has 2 aromatic carbocycles. The summed E-state index contributed by atoms with van der Waals surface area (Å²) in [6.07, 6.45) is -5.08. The molecule has 9 nitrogen and oxygen atoms in total. The van der Waals surface area contributed by atoms with Gasteiger partial charge in [-0.1, -0.05) is 18.2 Å². The summed E-state index contributed by atoms with van der Waals surface area (Å²) in [4.78, 5) is 41.2. The molecule has 0 spiro atoms. The number of carboxylic acids is 1. The van der Waals surface area contributed by atoms with Gasteiger partial charge in [-0.2, -0.15) is 13.2 Å². The lowest BCUT2D eigenvalue weighted by Gasteiger charge is -2.34. The van der Waals surface area contributed by atoms with Gasteiger partial charge in [-0.15, -0.1) is 0 Å². The number of amides is 1. The summed E-state index contributed by atoms with van der Waals surface area (Å²) in [5, 5.41) is 10.2. The van der Waals surface area contributed by atoms with Crippen molar-refractivity contribution < 1.29 is 27.9 Å². The third-order valence-corrected chi connectivity index (χ3v) is 6.04. The van der Waals surface area contributed by atoms with E-state index in [1.54, 1.807) is 19.2 Å². The average Bonchev–Trinajstić information content (AvgIpc) is 3.13.